The number of H-pyrrole nitrogens is 1. The first kappa shape index (κ1) is 20.0. The average molecular weight is 399 g/mol. The van der Waals surface area contributed by atoms with Gasteiger partial charge in [0.15, 0.2) is 5.92 Å². The molecule has 2 aliphatic rings. The molecule has 2 atom stereocenters. The molecule has 2 unspecified atom stereocenters. The van der Waals surface area contributed by atoms with Crippen LogP contribution in [-0.4, -0.2) is 49.1 Å². The van der Waals surface area contributed by atoms with Gasteiger partial charge in [-0.1, -0.05) is 24.6 Å². The highest BCUT2D eigenvalue weighted by molar-refractivity contribution is 5.94. The van der Waals surface area contributed by atoms with Crippen molar-refractivity contribution in [2.45, 2.75) is 44.6 Å². The zero-order valence-electron chi connectivity index (χ0n) is 17.3. The molecule has 6 nitrogen and oxygen atoms in total. The molecule has 1 saturated heterocycles. The van der Waals surface area contributed by atoms with E-state index < -0.39 is 17.9 Å². The first-order valence-electron chi connectivity index (χ1n) is 10.6. The number of rotatable bonds is 6. The molecule has 6 heteroatoms. The van der Waals surface area contributed by atoms with E-state index >= 15 is 0 Å². The van der Waals surface area contributed by atoms with Crippen molar-refractivity contribution >= 4 is 22.8 Å². The summed E-state index contributed by atoms with van der Waals surface area (Å²) in [6.45, 7) is 2.24. The van der Waals surface area contributed by atoms with E-state index in [2.05, 4.69) is 34.1 Å². The number of carbonyl (C=O) groups is 2. The molecule has 2 aromatic rings. The fourth-order valence-corrected chi connectivity index (χ4v) is 5.32. The van der Waals surface area contributed by atoms with Crippen molar-refractivity contribution in [3.63, 3.8) is 0 Å². The van der Waals surface area contributed by atoms with Crippen LogP contribution in [0.4, 0.5) is 0 Å². The summed E-state index contributed by atoms with van der Waals surface area (Å²) in [4.78, 5) is 30.2. The summed E-state index contributed by atoms with van der Waals surface area (Å²) in [6.07, 6.45) is 5.74. The number of carbonyl (C=O) groups excluding carboxylic acids is 2. The Morgan fingerprint density at radius 1 is 1.17 bits per heavy atom. The SMILES string of the molecule is COC(=O)C(CCCC1CCCN2CCc3c([nH]c4ccccc34)C12)C(=O)OC. The van der Waals surface area contributed by atoms with E-state index in [9.17, 15) is 9.59 Å². The van der Waals surface area contributed by atoms with Crippen LogP contribution in [0.25, 0.3) is 10.9 Å². The third-order valence-electron chi connectivity index (χ3n) is 6.69. The molecule has 29 heavy (non-hydrogen) atoms. The molecule has 0 spiro atoms. The number of benzene rings is 1. The maximum atomic E-state index is 11.9. The molecule has 0 saturated carbocycles. The highest BCUT2D eigenvalue weighted by Gasteiger charge is 2.38. The lowest BCUT2D eigenvalue weighted by atomic mass is 9.79. The highest BCUT2D eigenvalue weighted by Crippen LogP contribution is 2.44. The maximum Gasteiger partial charge on any atom is 0.320 e. The number of aromatic nitrogens is 1. The number of ether oxygens (including phenoxy) is 2. The Morgan fingerprint density at radius 2 is 1.93 bits per heavy atom. The molecular weight excluding hydrogens is 368 g/mol. The molecule has 1 aromatic heterocycles. The Kier molecular flexibility index (Phi) is 5.90. The molecule has 1 N–H and O–H groups in total. The van der Waals surface area contributed by atoms with Crippen molar-refractivity contribution in [2.75, 3.05) is 27.3 Å². The minimum absolute atomic E-state index is 0.398. The summed E-state index contributed by atoms with van der Waals surface area (Å²) in [6, 6.07) is 8.97. The fourth-order valence-electron chi connectivity index (χ4n) is 5.32. The van der Waals surface area contributed by atoms with Gasteiger partial charge in [-0.05, 0) is 56.2 Å². The van der Waals surface area contributed by atoms with Crippen LogP contribution in [0.5, 0.6) is 0 Å². The van der Waals surface area contributed by atoms with Crippen LogP contribution in [0.1, 0.15) is 49.4 Å². The van der Waals surface area contributed by atoms with E-state index in [0.717, 1.165) is 32.4 Å². The molecule has 0 bridgehead atoms. The number of piperidine rings is 1. The molecule has 0 aliphatic carbocycles. The van der Waals surface area contributed by atoms with Gasteiger partial charge in [-0.25, -0.2) is 0 Å². The highest BCUT2D eigenvalue weighted by atomic mass is 16.5. The average Bonchev–Trinajstić information content (AvgIpc) is 3.14. The number of aromatic amines is 1. The smallest absolute Gasteiger partial charge is 0.320 e. The zero-order valence-corrected chi connectivity index (χ0v) is 17.3. The normalized spacial score (nSPS) is 21.6. The van der Waals surface area contributed by atoms with E-state index in [-0.39, 0.29) is 0 Å². The second-order valence-corrected chi connectivity index (χ2v) is 8.23. The molecule has 2 aliphatic heterocycles. The molecule has 156 valence electrons. The minimum atomic E-state index is -0.820. The van der Waals surface area contributed by atoms with Crippen LogP contribution in [0.3, 0.4) is 0 Å². The summed E-state index contributed by atoms with van der Waals surface area (Å²) < 4.78 is 9.58. The third-order valence-corrected chi connectivity index (χ3v) is 6.69. The Labute approximate surface area is 171 Å². The van der Waals surface area contributed by atoms with Crippen molar-refractivity contribution in [1.82, 2.24) is 9.88 Å². The molecule has 1 aromatic carbocycles. The van der Waals surface area contributed by atoms with Crippen LogP contribution in [0.2, 0.25) is 0 Å². The van der Waals surface area contributed by atoms with E-state index in [1.54, 1.807) is 0 Å². The summed E-state index contributed by atoms with van der Waals surface area (Å²) >= 11 is 0. The first-order valence-corrected chi connectivity index (χ1v) is 10.6. The topological polar surface area (TPSA) is 71.6 Å². The monoisotopic (exact) mass is 398 g/mol. The molecule has 0 amide bonds. The van der Waals surface area contributed by atoms with Crippen molar-refractivity contribution in [2.24, 2.45) is 11.8 Å². The fraction of sp³-hybridized carbons (Fsp3) is 0.565. The van der Waals surface area contributed by atoms with E-state index in [1.165, 1.54) is 49.2 Å². The minimum Gasteiger partial charge on any atom is -0.468 e. The van der Waals surface area contributed by atoms with Gasteiger partial charge in [-0.2, -0.15) is 0 Å². The summed E-state index contributed by atoms with van der Waals surface area (Å²) in [5, 5.41) is 1.35. The number of para-hydroxylation sites is 1. The third kappa shape index (κ3) is 3.78. The Morgan fingerprint density at radius 3 is 2.69 bits per heavy atom. The Bertz CT molecular complexity index is 874. The number of methoxy groups -OCH3 is 2. The lowest BCUT2D eigenvalue weighted by Gasteiger charge is -2.44. The number of nitrogens with zero attached hydrogens (tertiary/aromatic N) is 1. The number of esters is 2. The van der Waals surface area contributed by atoms with E-state index in [4.69, 9.17) is 9.47 Å². The Hall–Kier alpha value is -2.34. The molecule has 0 radical (unpaired) electrons. The number of hydrogen-bond acceptors (Lipinski definition) is 5. The predicted molar refractivity (Wildman–Crippen MR) is 110 cm³/mol. The molecular formula is C23H30N2O4. The molecule has 1 fully saturated rings. The largest absolute Gasteiger partial charge is 0.468 e. The molecule has 3 heterocycles. The zero-order chi connectivity index (χ0) is 20.4. The van der Waals surface area contributed by atoms with Gasteiger partial charge < -0.3 is 14.5 Å². The van der Waals surface area contributed by atoms with Crippen molar-refractivity contribution in [1.29, 1.82) is 0 Å². The van der Waals surface area contributed by atoms with Crippen LogP contribution >= 0.6 is 0 Å². The first-order chi connectivity index (χ1) is 14.1. The van der Waals surface area contributed by atoms with Crippen molar-refractivity contribution in [3.05, 3.63) is 35.5 Å². The van der Waals surface area contributed by atoms with Crippen molar-refractivity contribution in [3.8, 4) is 0 Å². The lowest BCUT2D eigenvalue weighted by Crippen LogP contribution is -2.43. The number of nitrogens with one attached hydrogen (secondary N) is 1. The predicted octanol–water partition coefficient (Wildman–Crippen LogP) is 3.61. The molecule has 4 rings (SSSR count). The van der Waals surface area contributed by atoms with Gasteiger partial charge in [-0.15, -0.1) is 0 Å². The van der Waals surface area contributed by atoms with Crippen LogP contribution in [-0.2, 0) is 25.5 Å². The van der Waals surface area contributed by atoms with Gasteiger partial charge in [0.05, 0.1) is 20.3 Å². The van der Waals surface area contributed by atoms with Crippen LogP contribution in [0.15, 0.2) is 24.3 Å². The second kappa shape index (κ2) is 8.57. The maximum absolute atomic E-state index is 11.9. The number of fused-ring (bicyclic) bond motifs is 5. The van der Waals surface area contributed by atoms with Gasteiger partial charge in [0, 0.05) is 23.1 Å². The van der Waals surface area contributed by atoms with Crippen LogP contribution in [0, 0.1) is 11.8 Å². The van der Waals surface area contributed by atoms with Gasteiger partial charge in [-0.3, -0.25) is 14.5 Å². The van der Waals surface area contributed by atoms with E-state index in [1.807, 2.05) is 0 Å². The standard InChI is InChI=1S/C23H30N2O4/c1-28-22(26)18(23(27)29-2)10-5-7-15-8-6-13-25-14-12-17-16-9-3-4-11-19(16)24-20(17)21(15)25/h3-4,9,11,15,18,21,24H,5-8,10,12-14H2,1-2H3. The van der Waals surface area contributed by atoms with E-state index in [0.29, 0.717) is 18.4 Å². The van der Waals surface area contributed by atoms with Crippen LogP contribution < -0.4 is 0 Å². The summed E-state index contributed by atoms with van der Waals surface area (Å²) in [7, 11) is 2.63. The lowest BCUT2D eigenvalue weighted by molar-refractivity contribution is -0.159. The second-order valence-electron chi connectivity index (χ2n) is 8.23. The van der Waals surface area contributed by atoms with Gasteiger partial charge >= 0.3 is 11.9 Å². The number of hydrogen-bond donors (Lipinski definition) is 1. The van der Waals surface area contributed by atoms with Gasteiger partial charge in [0.25, 0.3) is 0 Å². The summed E-state index contributed by atoms with van der Waals surface area (Å²) in [5.74, 6) is -1.30. The summed E-state index contributed by atoms with van der Waals surface area (Å²) in [5.41, 5.74) is 4.07. The van der Waals surface area contributed by atoms with Gasteiger partial charge in [0.1, 0.15) is 0 Å². The quantitative estimate of drug-likeness (QED) is 0.595. The Balaban J connectivity index is 1.50. The van der Waals surface area contributed by atoms with Gasteiger partial charge in [0.2, 0.25) is 0 Å². The van der Waals surface area contributed by atoms with Crippen molar-refractivity contribution < 1.29 is 19.1 Å².